The van der Waals surface area contributed by atoms with Crippen molar-refractivity contribution in [3.05, 3.63) is 46.4 Å². The maximum Gasteiger partial charge on any atom is 0.160 e. The molecule has 1 radical (unpaired) electrons. The van der Waals surface area contributed by atoms with E-state index in [2.05, 4.69) is 36.9 Å². The Labute approximate surface area is 133 Å². The molecular formula is C17H18NOS2. The standard InChI is InChI=1S/C17H18NOS2/c1-3-4-7-17(2,18-8-5-6-9-18)16-11-15-14(21-16)10-13(12-19)20-15/h5-6,8,10-12H,3-4,7H2,1-2H3. The average Bonchev–Trinajstić information content (AvgIpc) is 3.18. The van der Waals surface area contributed by atoms with Crippen LogP contribution in [0.25, 0.3) is 9.40 Å². The zero-order valence-electron chi connectivity index (χ0n) is 12.3. The summed E-state index contributed by atoms with van der Waals surface area (Å²) in [6.45, 7) is 4.51. The van der Waals surface area contributed by atoms with Crippen LogP contribution in [0.4, 0.5) is 0 Å². The van der Waals surface area contributed by atoms with Gasteiger partial charge >= 0.3 is 0 Å². The third-order valence-corrected chi connectivity index (χ3v) is 6.44. The van der Waals surface area contributed by atoms with E-state index < -0.39 is 0 Å². The van der Waals surface area contributed by atoms with Crippen LogP contribution < -0.4 is 0 Å². The maximum atomic E-state index is 10.9. The fourth-order valence-corrected chi connectivity index (χ4v) is 5.06. The Balaban J connectivity index is 2.05. The van der Waals surface area contributed by atoms with Gasteiger partial charge in [0.1, 0.15) is 0 Å². The summed E-state index contributed by atoms with van der Waals surface area (Å²) in [5.74, 6) is 0. The lowest BCUT2D eigenvalue weighted by Crippen LogP contribution is -2.29. The van der Waals surface area contributed by atoms with Gasteiger partial charge in [-0.3, -0.25) is 4.79 Å². The lowest BCUT2D eigenvalue weighted by molar-refractivity contribution is 0.112. The first kappa shape index (κ1) is 14.5. The second kappa shape index (κ2) is 5.78. The number of carbonyl (C=O) groups excluding carboxylic acids is 1. The van der Waals surface area contributed by atoms with E-state index in [0.717, 1.165) is 17.6 Å². The predicted molar refractivity (Wildman–Crippen MR) is 90.6 cm³/mol. The van der Waals surface area contributed by atoms with Crippen LogP contribution in [-0.4, -0.2) is 10.9 Å². The number of fused-ring (bicyclic) bond motifs is 1. The van der Waals surface area contributed by atoms with Gasteiger partial charge in [-0.1, -0.05) is 19.8 Å². The van der Waals surface area contributed by atoms with Crippen LogP contribution in [0.1, 0.15) is 47.7 Å². The topological polar surface area (TPSA) is 22.0 Å². The van der Waals surface area contributed by atoms with E-state index in [1.807, 2.05) is 18.2 Å². The van der Waals surface area contributed by atoms with E-state index in [-0.39, 0.29) is 5.54 Å². The molecule has 2 nitrogen and oxygen atoms in total. The lowest BCUT2D eigenvalue weighted by atomic mass is 9.92. The number of aldehydes is 1. The summed E-state index contributed by atoms with van der Waals surface area (Å²) in [6, 6.07) is 8.25. The zero-order chi connectivity index (χ0) is 14.9. The van der Waals surface area contributed by atoms with Crippen LogP contribution in [0.15, 0.2) is 30.5 Å². The third kappa shape index (κ3) is 2.58. The minimum Gasteiger partial charge on any atom is -0.336 e. The Kier molecular flexibility index (Phi) is 4.00. The summed E-state index contributed by atoms with van der Waals surface area (Å²) >= 11 is 3.38. The molecule has 0 N–H and O–H groups in total. The SMILES string of the molecule is CCCCC(C)(c1cc2sc(C=O)cc2s1)n1[c]ccc1. The number of carbonyl (C=O) groups is 1. The molecule has 0 fully saturated rings. The van der Waals surface area contributed by atoms with Gasteiger partial charge in [0.25, 0.3) is 0 Å². The summed E-state index contributed by atoms with van der Waals surface area (Å²) in [5, 5.41) is 0. The third-order valence-electron chi connectivity index (χ3n) is 3.97. The number of hydrogen-bond acceptors (Lipinski definition) is 3. The summed E-state index contributed by atoms with van der Waals surface area (Å²) < 4.78 is 4.62. The summed E-state index contributed by atoms with van der Waals surface area (Å²) in [7, 11) is 0. The molecule has 0 aliphatic rings. The molecular weight excluding hydrogens is 298 g/mol. The minimum absolute atomic E-state index is 0.0513. The fraction of sp³-hybridized carbons (Fsp3) is 0.353. The number of thiophene rings is 2. The van der Waals surface area contributed by atoms with Gasteiger partial charge in [-0.2, -0.15) is 0 Å². The zero-order valence-corrected chi connectivity index (χ0v) is 13.9. The van der Waals surface area contributed by atoms with Crippen molar-refractivity contribution in [2.75, 3.05) is 0 Å². The fourth-order valence-electron chi connectivity index (χ4n) is 2.66. The number of nitrogens with zero attached hydrogens (tertiary/aromatic N) is 1. The van der Waals surface area contributed by atoms with Crippen molar-refractivity contribution in [2.45, 2.75) is 38.6 Å². The molecule has 0 bridgehead atoms. The van der Waals surface area contributed by atoms with Gasteiger partial charge in [0.05, 0.1) is 16.6 Å². The second-order valence-corrected chi connectivity index (χ2v) is 7.69. The molecule has 109 valence electrons. The smallest absolute Gasteiger partial charge is 0.160 e. The molecule has 21 heavy (non-hydrogen) atoms. The highest BCUT2D eigenvalue weighted by atomic mass is 32.1. The molecule has 3 aromatic heterocycles. The van der Waals surface area contributed by atoms with Crippen LogP contribution in [0.5, 0.6) is 0 Å². The van der Waals surface area contributed by atoms with Crippen LogP contribution in [0.3, 0.4) is 0 Å². The molecule has 0 aliphatic carbocycles. The molecule has 1 atom stereocenters. The lowest BCUT2D eigenvalue weighted by Gasteiger charge is -2.30. The van der Waals surface area contributed by atoms with Crippen molar-refractivity contribution in [3.8, 4) is 0 Å². The predicted octanol–water partition coefficient (Wildman–Crippen LogP) is 5.33. The first-order valence-corrected chi connectivity index (χ1v) is 8.85. The molecule has 3 aromatic rings. The molecule has 0 saturated carbocycles. The number of aromatic nitrogens is 1. The normalized spacial score (nSPS) is 14.4. The van der Waals surface area contributed by atoms with E-state index >= 15 is 0 Å². The summed E-state index contributed by atoms with van der Waals surface area (Å²) in [6.07, 6.45) is 9.82. The van der Waals surface area contributed by atoms with E-state index in [4.69, 9.17) is 0 Å². The Morgan fingerprint density at radius 3 is 2.76 bits per heavy atom. The summed E-state index contributed by atoms with van der Waals surface area (Å²) in [4.78, 5) is 13.0. The van der Waals surface area contributed by atoms with E-state index in [0.29, 0.717) is 0 Å². The monoisotopic (exact) mass is 316 g/mol. The molecule has 0 aliphatic heterocycles. The van der Waals surface area contributed by atoms with Crippen molar-refractivity contribution in [3.63, 3.8) is 0 Å². The van der Waals surface area contributed by atoms with Crippen LogP contribution in [-0.2, 0) is 5.54 Å². The number of hydrogen-bond donors (Lipinski definition) is 0. The van der Waals surface area contributed by atoms with Crippen LogP contribution in [0, 0.1) is 6.20 Å². The van der Waals surface area contributed by atoms with Crippen molar-refractivity contribution >= 4 is 38.4 Å². The first-order valence-electron chi connectivity index (χ1n) is 7.22. The largest absolute Gasteiger partial charge is 0.336 e. The maximum absolute atomic E-state index is 10.9. The Morgan fingerprint density at radius 1 is 1.33 bits per heavy atom. The Bertz CT molecular complexity index is 707. The number of unbranched alkanes of at least 4 members (excludes halogenated alkanes) is 1. The first-order chi connectivity index (χ1) is 10.2. The van der Waals surface area contributed by atoms with Gasteiger partial charge in [-0.05, 0) is 37.6 Å². The van der Waals surface area contributed by atoms with Gasteiger partial charge in [0.2, 0.25) is 0 Å². The molecule has 0 amide bonds. The van der Waals surface area contributed by atoms with Crippen molar-refractivity contribution < 1.29 is 4.79 Å². The Morgan fingerprint density at radius 2 is 2.14 bits per heavy atom. The van der Waals surface area contributed by atoms with E-state index in [1.165, 1.54) is 27.1 Å². The molecule has 0 saturated heterocycles. The quantitative estimate of drug-likeness (QED) is 0.563. The van der Waals surface area contributed by atoms with Crippen LogP contribution in [0.2, 0.25) is 0 Å². The highest BCUT2D eigenvalue weighted by Gasteiger charge is 2.30. The van der Waals surface area contributed by atoms with Crippen molar-refractivity contribution in [2.24, 2.45) is 0 Å². The van der Waals surface area contributed by atoms with Crippen molar-refractivity contribution in [1.82, 2.24) is 4.57 Å². The Hall–Kier alpha value is -1.39. The van der Waals surface area contributed by atoms with Gasteiger partial charge in [-0.15, -0.1) is 22.7 Å². The van der Waals surface area contributed by atoms with Crippen LogP contribution >= 0.6 is 22.7 Å². The molecule has 0 spiro atoms. The molecule has 1 unspecified atom stereocenters. The molecule has 3 rings (SSSR count). The highest BCUT2D eigenvalue weighted by Crippen LogP contribution is 2.41. The minimum atomic E-state index is -0.0513. The van der Waals surface area contributed by atoms with E-state index in [9.17, 15) is 4.79 Å². The molecule has 0 aromatic carbocycles. The summed E-state index contributed by atoms with van der Waals surface area (Å²) in [5.41, 5.74) is -0.0513. The molecule has 4 heteroatoms. The highest BCUT2D eigenvalue weighted by molar-refractivity contribution is 7.28. The van der Waals surface area contributed by atoms with Gasteiger partial charge in [0.15, 0.2) is 6.29 Å². The van der Waals surface area contributed by atoms with E-state index in [1.54, 1.807) is 22.7 Å². The average molecular weight is 316 g/mol. The molecule has 3 heterocycles. The number of rotatable bonds is 6. The van der Waals surface area contributed by atoms with Gasteiger partial charge < -0.3 is 4.57 Å². The van der Waals surface area contributed by atoms with Gasteiger partial charge in [0, 0.05) is 20.5 Å². The van der Waals surface area contributed by atoms with Crippen molar-refractivity contribution in [1.29, 1.82) is 0 Å². The van der Waals surface area contributed by atoms with Gasteiger partial charge in [-0.25, -0.2) is 0 Å². The second-order valence-electron chi connectivity index (χ2n) is 5.49.